The molecule has 0 aliphatic heterocycles. The molecular weight excluding hydrogens is 270 g/mol. The number of benzene rings is 1. The van der Waals surface area contributed by atoms with Crippen LogP contribution in [0.1, 0.15) is 12.0 Å². The van der Waals surface area contributed by atoms with E-state index in [1.165, 1.54) is 18.2 Å². The van der Waals surface area contributed by atoms with Crippen LogP contribution >= 0.6 is 15.9 Å². The number of ether oxygens (including phenoxy) is 1. The van der Waals surface area contributed by atoms with Gasteiger partial charge in [-0.25, -0.2) is 0 Å². The fourth-order valence-corrected chi connectivity index (χ4v) is 1.54. The van der Waals surface area contributed by atoms with Crippen LogP contribution in [0.5, 0.6) is 11.5 Å². The Morgan fingerprint density at radius 3 is 2.73 bits per heavy atom. The number of phenols is 1. The van der Waals surface area contributed by atoms with Crippen LogP contribution in [-0.2, 0) is 6.42 Å². The van der Waals surface area contributed by atoms with E-state index in [-0.39, 0.29) is 11.5 Å². The van der Waals surface area contributed by atoms with Gasteiger partial charge in [0, 0.05) is 10.9 Å². The van der Waals surface area contributed by atoms with Gasteiger partial charge in [-0.15, -0.1) is 0 Å². The standard InChI is InChI=1S/C10H11BrF2O2/c11-6-2-3-7-8(14)4-1-5-9(7)15-10(12)13/h1,4-5,10,14H,2-3,6H2. The summed E-state index contributed by atoms with van der Waals surface area (Å²) in [6, 6.07) is 4.36. The third kappa shape index (κ3) is 3.66. The molecule has 0 heterocycles. The van der Waals surface area contributed by atoms with Crippen LogP contribution in [0.4, 0.5) is 8.78 Å². The summed E-state index contributed by atoms with van der Waals surface area (Å²) < 4.78 is 28.4. The number of alkyl halides is 3. The molecule has 0 fully saturated rings. The zero-order chi connectivity index (χ0) is 11.3. The number of hydrogen-bond acceptors (Lipinski definition) is 2. The molecule has 1 N–H and O–H groups in total. The molecule has 5 heteroatoms. The van der Waals surface area contributed by atoms with E-state index in [1.807, 2.05) is 0 Å². The van der Waals surface area contributed by atoms with Gasteiger partial charge in [0.05, 0.1) is 0 Å². The Labute approximate surface area is 95.0 Å². The van der Waals surface area contributed by atoms with Gasteiger partial charge in [0.25, 0.3) is 0 Å². The minimum atomic E-state index is -2.87. The number of halogens is 3. The van der Waals surface area contributed by atoms with Crippen LogP contribution in [0.25, 0.3) is 0 Å². The first-order valence-electron chi connectivity index (χ1n) is 4.46. The molecule has 15 heavy (non-hydrogen) atoms. The van der Waals surface area contributed by atoms with E-state index >= 15 is 0 Å². The van der Waals surface area contributed by atoms with E-state index in [4.69, 9.17) is 0 Å². The molecule has 0 saturated heterocycles. The van der Waals surface area contributed by atoms with Crippen molar-refractivity contribution in [2.24, 2.45) is 0 Å². The highest BCUT2D eigenvalue weighted by molar-refractivity contribution is 9.09. The predicted octanol–water partition coefficient (Wildman–Crippen LogP) is 3.32. The molecule has 0 aliphatic carbocycles. The van der Waals surface area contributed by atoms with Gasteiger partial charge in [0.15, 0.2) is 0 Å². The molecule has 1 aromatic rings. The molecule has 0 aromatic heterocycles. The highest BCUT2D eigenvalue weighted by Gasteiger charge is 2.12. The van der Waals surface area contributed by atoms with Gasteiger partial charge >= 0.3 is 6.61 Å². The second-order valence-corrected chi connectivity index (χ2v) is 3.72. The first-order chi connectivity index (χ1) is 7.15. The summed E-state index contributed by atoms with van der Waals surface area (Å²) in [6.07, 6.45) is 1.25. The minimum absolute atomic E-state index is 0.00546. The highest BCUT2D eigenvalue weighted by atomic mass is 79.9. The Morgan fingerprint density at radius 2 is 2.13 bits per heavy atom. The smallest absolute Gasteiger partial charge is 0.387 e. The monoisotopic (exact) mass is 280 g/mol. The van der Waals surface area contributed by atoms with Crippen molar-refractivity contribution in [2.75, 3.05) is 5.33 Å². The van der Waals surface area contributed by atoms with Gasteiger partial charge in [-0.1, -0.05) is 22.0 Å². The summed E-state index contributed by atoms with van der Waals surface area (Å²) >= 11 is 3.24. The number of aromatic hydroxyl groups is 1. The van der Waals surface area contributed by atoms with Gasteiger partial charge in [-0.05, 0) is 25.0 Å². The van der Waals surface area contributed by atoms with E-state index in [2.05, 4.69) is 20.7 Å². The van der Waals surface area contributed by atoms with Crippen molar-refractivity contribution in [3.8, 4) is 11.5 Å². The summed E-state index contributed by atoms with van der Waals surface area (Å²) in [5.41, 5.74) is 0.428. The van der Waals surface area contributed by atoms with Crippen molar-refractivity contribution in [1.82, 2.24) is 0 Å². The van der Waals surface area contributed by atoms with E-state index in [0.29, 0.717) is 12.0 Å². The van der Waals surface area contributed by atoms with Crippen LogP contribution in [0.2, 0.25) is 0 Å². The molecule has 0 saturated carbocycles. The molecule has 0 bridgehead atoms. The van der Waals surface area contributed by atoms with Crippen LogP contribution in [-0.4, -0.2) is 17.0 Å². The second-order valence-electron chi connectivity index (χ2n) is 2.92. The molecule has 1 aromatic carbocycles. The fraction of sp³-hybridized carbons (Fsp3) is 0.400. The molecule has 2 nitrogen and oxygen atoms in total. The normalized spacial score (nSPS) is 10.7. The lowest BCUT2D eigenvalue weighted by Gasteiger charge is -2.11. The zero-order valence-electron chi connectivity index (χ0n) is 7.92. The summed E-state index contributed by atoms with van der Waals surface area (Å²) in [5.74, 6) is 0.0417. The molecule has 0 amide bonds. The van der Waals surface area contributed by atoms with Crippen molar-refractivity contribution < 1.29 is 18.6 Å². The topological polar surface area (TPSA) is 29.5 Å². The Hall–Kier alpha value is -0.840. The molecule has 0 radical (unpaired) electrons. The summed E-state index contributed by atoms with van der Waals surface area (Å²) in [4.78, 5) is 0. The average molecular weight is 281 g/mol. The molecule has 0 spiro atoms. The molecule has 1 rings (SSSR count). The molecule has 0 aliphatic rings. The van der Waals surface area contributed by atoms with Crippen molar-refractivity contribution in [2.45, 2.75) is 19.5 Å². The highest BCUT2D eigenvalue weighted by Crippen LogP contribution is 2.29. The Morgan fingerprint density at radius 1 is 1.40 bits per heavy atom. The third-order valence-electron chi connectivity index (χ3n) is 1.88. The third-order valence-corrected chi connectivity index (χ3v) is 2.45. The number of phenolic OH excluding ortho intramolecular Hbond substituents is 1. The van der Waals surface area contributed by atoms with Crippen molar-refractivity contribution in [3.63, 3.8) is 0 Å². The van der Waals surface area contributed by atoms with Crippen LogP contribution in [0, 0.1) is 0 Å². The number of rotatable bonds is 5. The van der Waals surface area contributed by atoms with Gasteiger partial charge < -0.3 is 9.84 Å². The SMILES string of the molecule is Oc1cccc(OC(F)F)c1CCCBr. The molecular formula is C10H11BrF2O2. The molecule has 84 valence electrons. The van der Waals surface area contributed by atoms with E-state index < -0.39 is 6.61 Å². The second kappa shape index (κ2) is 5.90. The van der Waals surface area contributed by atoms with Crippen LogP contribution in [0.3, 0.4) is 0 Å². The maximum atomic E-state index is 12.0. The summed E-state index contributed by atoms with van der Waals surface area (Å²) in [7, 11) is 0. The minimum Gasteiger partial charge on any atom is -0.508 e. The van der Waals surface area contributed by atoms with E-state index in [0.717, 1.165) is 11.8 Å². The Balaban J connectivity index is 2.87. The average Bonchev–Trinajstić information content (AvgIpc) is 2.16. The van der Waals surface area contributed by atoms with Gasteiger partial charge in [0.1, 0.15) is 11.5 Å². The molecule has 0 unspecified atom stereocenters. The van der Waals surface area contributed by atoms with E-state index in [9.17, 15) is 13.9 Å². The van der Waals surface area contributed by atoms with Gasteiger partial charge in [0.2, 0.25) is 0 Å². The lowest BCUT2D eigenvalue weighted by Crippen LogP contribution is -2.04. The Kier molecular flexibility index (Phi) is 4.81. The predicted molar refractivity (Wildman–Crippen MR) is 56.9 cm³/mol. The summed E-state index contributed by atoms with van der Waals surface area (Å²) in [6.45, 7) is -2.87. The zero-order valence-corrected chi connectivity index (χ0v) is 9.51. The Bertz CT molecular complexity index is 318. The van der Waals surface area contributed by atoms with E-state index in [1.54, 1.807) is 0 Å². The number of hydrogen-bond donors (Lipinski definition) is 1. The van der Waals surface area contributed by atoms with Crippen molar-refractivity contribution in [1.29, 1.82) is 0 Å². The quantitative estimate of drug-likeness (QED) is 0.839. The molecule has 0 atom stereocenters. The van der Waals surface area contributed by atoms with Crippen LogP contribution in [0.15, 0.2) is 18.2 Å². The lowest BCUT2D eigenvalue weighted by atomic mass is 10.1. The largest absolute Gasteiger partial charge is 0.508 e. The first kappa shape index (κ1) is 12.2. The van der Waals surface area contributed by atoms with Crippen LogP contribution < -0.4 is 4.74 Å². The maximum absolute atomic E-state index is 12.0. The maximum Gasteiger partial charge on any atom is 0.387 e. The lowest BCUT2D eigenvalue weighted by molar-refractivity contribution is -0.0505. The van der Waals surface area contributed by atoms with Crippen molar-refractivity contribution in [3.05, 3.63) is 23.8 Å². The van der Waals surface area contributed by atoms with Gasteiger partial charge in [-0.3, -0.25) is 0 Å². The summed E-state index contributed by atoms with van der Waals surface area (Å²) in [5, 5.41) is 10.2. The van der Waals surface area contributed by atoms with Crippen molar-refractivity contribution >= 4 is 15.9 Å². The first-order valence-corrected chi connectivity index (χ1v) is 5.59. The fourth-order valence-electron chi connectivity index (χ4n) is 1.26. The van der Waals surface area contributed by atoms with Gasteiger partial charge in [-0.2, -0.15) is 8.78 Å².